The molecule has 1 aromatic carbocycles. The lowest BCUT2D eigenvalue weighted by molar-refractivity contribution is 0.317. The van der Waals surface area contributed by atoms with E-state index in [2.05, 4.69) is 70.4 Å². The Balaban J connectivity index is 2.85. The number of hydrogen-bond acceptors (Lipinski definition) is 1. The maximum absolute atomic E-state index is 5.47. The van der Waals surface area contributed by atoms with Gasteiger partial charge < -0.3 is 10.6 Å². The molecule has 0 heterocycles. The van der Waals surface area contributed by atoms with Crippen LogP contribution < -0.4 is 10.6 Å². The molecule has 20 heavy (non-hydrogen) atoms. The van der Waals surface area contributed by atoms with Crippen LogP contribution in [0.1, 0.15) is 52.7 Å². The summed E-state index contributed by atoms with van der Waals surface area (Å²) in [6.07, 6.45) is 2.02. The monoisotopic (exact) mass is 292 g/mol. The Morgan fingerprint density at radius 3 is 2.05 bits per heavy atom. The molecule has 2 N–H and O–H groups in total. The Bertz CT molecular complexity index is 438. The zero-order valence-electron chi connectivity index (χ0n) is 13.6. The van der Waals surface area contributed by atoms with E-state index in [-0.39, 0.29) is 5.41 Å². The van der Waals surface area contributed by atoms with Gasteiger partial charge in [-0.15, -0.1) is 0 Å². The van der Waals surface area contributed by atoms with Crippen molar-refractivity contribution in [2.45, 2.75) is 60.4 Å². The predicted octanol–water partition coefficient (Wildman–Crippen LogP) is 4.53. The van der Waals surface area contributed by atoms with Gasteiger partial charge in [0.2, 0.25) is 0 Å². The Kier molecular flexibility index (Phi) is 6.00. The topological polar surface area (TPSA) is 24.1 Å². The molecule has 0 bridgehead atoms. The van der Waals surface area contributed by atoms with Crippen molar-refractivity contribution in [3.63, 3.8) is 0 Å². The molecule has 0 aliphatic carbocycles. The summed E-state index contributed by atoms with van der Waals surface area (Å²) in [5.41, 5.74) is 3.99. The van der Waals surface area contributed by atoms with E-state index in [0.717, 1.165) is 12.8 Å². The summed E-state index contributed by atoms with van der Waals surface area (Å²) in [4.78, 5) is 0. The molecule has 2 nitrogen and oxygen atoms in total. The molecular formula is C17H28N2S. The van der Waals surface area contributed by atoms with Gasteiger partial charge in [-0.1, -0.05) is 52.8 Å². The molecule has 0 amide bonds. The van der Waals surface area contributed by atoms with E-state index >= 15 is 0 Å². The molecule has 1 aromatic rings. The first-order valence-corrected chi connectivity index (χ1v) is 7.88. The smallest absolute Gasteiger partial charge is 0.171 e. The van der Waals surface area contributed by atoms with Gasteiger partial charge in [-0.05, 0) is 48.5 Å². The van der Waals surface area contributed by atoms with Crippen LogP contribution in [0.5, 0.6) is 0 Å². The van der Waals surface area contributed by atoms with Crippen molar-refractivity contribution in [2.75, 3.05) is 5.32 Å². The maximum atomic E-state index is 5.47. The molecule has 0 aromatic heterocycles. The highest BCUT2D eigenvalue weighted by molar-refractivity contribution is 7.80. The first-order valence-electron chi connectivity index (χ1n) is 7.47. The number of anilines is 1. The number of benzene rings is 1. The van der Waals surface area contributed by atoms with Gasteiger partial charge >= 0.3 is 0 Å². The van der Waals surface area contributed by atoms with E-state index in [1.165, 1.54) is 16.8 Å². The second-order valence-electron chi connectivity index (χ2n) is 6.34. The zero-order valence-corrected chi connectivity index (χ0v) is 14.4. The van der Waals surface area contributed by atoms with Crippen LogP contribution in [-0.4, -0.2) is 11.2 Å². The van der Waals surface area contributed by atoms with Gasteiger partial charge in [0.15, 0.2) is 5.11 Å². The van der Waals surface area contributed by atoms with Crippen molar-refractivity contribution >= 4 is 23.0 Å². The molecule has 0 fully saturated rings. The molecule has 1 unspecified atom stereocenters. The van der Waals surface area contributed by atoms with Crippen LogP contribution in [0.3, 0.4) is 0 Å². The third-order valence-electron chi connectivity index (χ3n) is 3.88. The van der Waals surface area contributed by atoms with E-state index in [1.807, 2.05) is 0 Å². The number of hydrogen-bond donors (Lipinski definition) is 2. The SMILES string of the molecule is CCc1cccc(CC)c1NC(=S)NC(C)C(C)(C)C. The average Bonchev–Trinajstić information content (AvgIpc) is 2.37. The Hall–Kier alpha value is -1.09. The summed E-state index contributed by atoms with van der Waals surface area (Å²) in [6.45, 7) is 13.2. The van der Waals surface area contributed by atoms with E-state index < -0.39 is 0 Å². The van der Waals surface area contributed by atoms with E-state index in [1.54, 1.807) is 0 Å². The molecule has 1 atom stereocenters. The van der Waals surface area contributed by atoms with Gasteiger partial charge in [0.05, 0.1) is 0 Å². The van der Waals surface area contributed by atoms with Crippen LogP contribution in [0.15, 0.2) is 18.2 Å². The molecule has 112 valence electrons. The minimum absolute atomic E-state index is 0.184. The largest absolute Gasteiger partial charge is 0.359 e. The van der Waals surface area contributed by atoms with Crippen LogP contribution in [0.25, 0.3) is 0 Å². The lowest BCUT2D eigenvalue weighted by atomic mass is 9.88. The Labute approximate surface area is 129 Å². The molecule has 0 spiro atoms. The third-order valence-corrected chi connectivity index (χ3v) is 4.10. The molecule has 3 heteroatoms. The van der Waals surface area contributed by atoms with Crippen LogP contribution >= 0.6 is 12.2 Å². The lowest BCUT2D eigenvalue weighted by Gasteiger charge is -2.29. The van der Waals surface area contributed by atoms with Crippen LogP contribution in [0.4, 0.5) is 5.69 Å². The van der Waals surface area contributed by atoms with Crippen molar-refractivity contribution in [1.82, 2.24) is 5.32 Å². The first kappa shape index (κ1) is 17.0. The summed E-state index contributed by atoms with van der Waals surface area (Å²) in [6, 6.07) is 6.77. The fourth-order valence-corrected chi connectivity index (χ4v) is 2.24. The molecule has 0 aliphatic heterocycles. The molecule has 1 rings (SSSR count). The fourth-order valence-electron chi connectivity index (χ4n) is 1.97. The van der Waals surface area contributed by atoms with Gasteiger partial charge in [-0.3, -0.25) is 0 Å². The van der Waals surface area contributed by atoms with E-state index in [4.69, 9.17) is 12.2 Å². The van der Waals surface area contributed by atoms with Crippen LogP contribution in [0, 0.1) is 5.41 Å². The maximum Gasteiger partial charge on any atom is 0.171 e. The van der Waals surface area contributed by atoms with Gasteiger partial charge in [0, 0.05) is 11.7 Å². The normalized spacial score (nSPS) is 12.9. The Morgan fingerprint density at radius 1 is 1.15 bits per heavy atom. The number of nitrogens with one attached hydrogen (secondary N) is 2. The first-order chi connectivity index (χ1) is 9.29. The molecule has 0 saturated carbocycles. The summed E-state index contributed by atoms with van der Waals surface area (Å²) in [5, 5.41) is 7.51. The number of aryl methyl sites for hydroxylation is 2. The number of rotatable bonds is 4. The lowest BCUT2D eigenvalue weighted by Crippen LogP contribution is -2.43. The van der Waals surface area contributed by atoms with Gasteiger partial charge in [0.1, 0.15) is 0 Å². The van der Waals surface area contributed by atoms with E-state index in [0.29, 0.717) is 11.2 Å². The van der Waals surface area contributed by atoms with Crippen molar-refractivity contribution in [3.8, 4) is 0 Å². The minimum atomic E-state index is 0.184. The van der Waals surface area contributed by atoms with Crippen molar-refractivity contribution in [3.05, 3.63) is 29.3 Å². The van der Waals surface area contributed by atoms with Gasteiger partial charge in [-0.2, -0.15) is 0 Å². The predicted molar refractivity (Wildman–Crippen MR) is 93.5 cm³/mol. The average molecular weight is 292 g/mol. The highest BCUT2D eigenvalue weighted by Crippen LogP contribution is 2.23. The highest BCUT2D eigenvalue weighted by atomic mass is 32.1. The quantitative estimate of drug-likeness (QED) is 0.797. The van der Waals surface area contributed by atoms with Crippen molar-refractivity contribution in [2.24, 2.45) is 5.41 Å². The molecule has 0 aliphatic rings. The fraction of sp³-hybridized carbons (Fsp3) is 0.588. The van der Waals surface area contributed by atoms with E-state index in [9.17, 15) is 0 Å². The highest BCUT2D eigenvalue weighted by Gasteiger charge is 2.20. The summed E-state index contributed by atoms with van der Waals surface area (Å²) in [5.74, 6) is 0. The number of para-hydroxylation sites is 1. The summed E-state index contributed by atoms with van der Waals surface area (Å²) in [7, 11) is 0. The number of thiocarbonyl (C=S) groups is 1. The minimum Gasteiger partial charge on any atom is -0.359 e. The molecule has 0 radical (unpaired) electrons. The van der Waals surface area contributed by atoms with Crippen LogP contribution in [-0.2, 0) is 12.8 Å². The third kappa shape index (κ3) is 4.48. The van der Waals surface area contributed by atoms with Crippen molar-refractivity contribution in [1.29, 1.82) is 0 Å². The summed E-state index contributed by atoms with van der Waals surface area (Å²) >= 11 is 5.47. The second kappa shape index (κ2) is 7.07. The standard InChI is InChI=1S/C17H28N2S/c1-7-13-10-9-11-14(8-2)15(13)19-16(20)18-12(3)17(4,5)6/h9-12H,7-8H2,1-6H3,(H2,18,19,20). The summed E-state index contributed by atoms with van der Waals surface area (Å²) < 4.78 is 0. The van der Waals surface area contributed by atoms with Gasteiger partial charge in [0.25, 0.3) is 0 Å². The Morgan fingerprint density at radius 2 is 1.65 bits per heavy atom. The van der Waals surface area contributed by atoms with Crippen molar-refractivity contribution < 1.29 is 0 Å². The van der Waals surface area contributed by atoms with Crippen LogP contribution in [0.2, 0.25) is 0 Å². The zero-order chi connectivity index (χ0) is 15.3. The molecular weight excluding hydrogens is 264 g/mol. The molecule has 0 saturated heterocycles. The van der Waals surface area contributed by atoms with Gasteiger partial charge in [-0.25, -0.2) is 0 Å². The second-order valence-corrected chi connectivity index (χ2v) is 6.75.